The van der Waals surface area contributed by atoms with Crippen molar-refractivity contribution in [1.82, 2.24) is 4.90 Å². The molecule has 0 N–H and O–H groups in total. The van der Waals surface area contributed by atoms with Crippen molar-refractivity contribution in [2.45, 2.75) is 38.6 Å². The third-order valence-electron chi connectivity index (χ3n) is 4.59. The lowest BCUT2D eigenvalue weighted by molar-refractivity contribution is -0.145. The molecule has 0 spiro atoms. The molecule has 0 unspecified atom stereocenters. The average Bonchev–Trinajstić information content (AvgIpc) is 3.34. The van der Waals surface area contributed by atoms with Gasteiger partial charge >= 0.3 is 6.18 Å². The van der Waals surface area contributed by atoms with E-state index in [1.54, 1.807) is 31.2 Å². The molecule has 25 heavy (non-hydrogen) atoms. The van der Waals surface area contributed by atoms with Crippen LogP contribution in [0.2, 0.25) is 0 Å². The molecule has 3 rings (SSSR count). The lowest BCUT2D eigenvalue weighted by atomic mass is 10.1. The van der Waals surface area contributed by atoms with Crippen LogP contribution < -0.4 is 0 Å². The Hall–Kier alpha value is -2.02. The Bertz CT molecular complexity index is 765. The first kappa shape index (κ1) is 17.8. The summed E-state index contributed by atoms with van der Waals surface area (Å²) < 4.78 is 49.8. The number of hydrogen-bond donors (Lipinski definition) is 0. The number of alkyl halides is 3. The Labute approximate surface area is 143 Å². The van der Waals surface area contributed by atoms with E-state index in [0.717, 1.165) is 17.7 Å². The molecule has 0 bridgehead atoms. The van der Waals surface area contributed by atoms with Crippen LogP contribution >= 0.6 is 0 Å². The third kappa shape index (κ3) is 3.81. The number of para-hydroxylation sites is 1. The van der Waals surface area contributed by atoms with E-state index >= 15 is 0 Å². The summed E-state index contributed by atoms with van der Waals surface area (Å²) in [6.07, 6.45) is -2.78. The zero-order chi connectivity index (χ0) is 18.2. The second-order valence-corrected chi connectivity index (χ2v) is 6.47. The van der Waals surface area contributed by atoms with Gasteiger partial charge in [0.25, 0.3) is 5.91 Å². The minimum Gasteiger partial charge on any atom is -0.451 e. The van der Waals surface area contributed by atoms with Gasteiger partial charge in [-0.3, -0.25) is 4.79 Å². The third-order valence-corrected chi connectivity index (χ3v) is 4.59. The number of hydrogen-bond acceptors (Lipinski definition) is 3. The van der Waals surface area contributed by atoms with Gasteiger partial charge in [-0.1, -0.05) is 18.2 Å². The topological polar surface area (TPSA) is 42.7 Å². The molecule has 1 aliphatic rings. The fourth-order valence-corrected chi connectivity index (χ4v) is 3.12. The Balaban J connectivity index is 2.01. The predicted octanol–water partition coefficient (Wildman–Crippen LogP) is 4.38. The molecule has 0 aliphatic heterocycles. The Morgan fingerprint density at radius 2 is 2.04 bits per heavy atom. The van der Waals surface area contributed by atoms with Crippen LogP contribution in [0.1, 0.15) is 35.9 Å². The van der Waals surface area contributed by atoms with Crippen LogP contribution in [0.15, 0.2) is 28.7 Å². The maximum Gasteiger partial charge on any atom is 0.406 e. The standard InChI is InChI=1S/C18H20F3NO3/c1-11(12-7-8-12)22(10-18(19,20)21)17(23)16-14(9-24-2)13-5-3-4-6-15(13)25-16/h3-6,11-12H,7-10H2,1-2H3/t11-/m1/s1. The van der Waals surface area contributed by atoms with E-state index in [2.05, 4.69) is 0 Å². The molecular formula is C18H20F3NO3. The number of benzene rings is 1. The molecule has 1 atom stereocenters. The highest BCUT2D eigenvalue weighted by atomic mass is 19.4. The van der Waals surface area contributed by atoms with Crippen molar-refractivity contribution in [1.29, 1.82) is 0 Å². The molecule has 1 amide bonds. The van der Waals surface area contributed by atoms with Crippen molar-refractivity contribution < 1.29 is 27.1 Å². The molecule has 1 aromatic heterocycles. The number of methoxy groups -OCH3 is 1. The largest absolute Gasteiger partial charge is 0.451 e. The SMILES string of the molecule is COCc1c(C(=O)N(CC(F)(F)F)[C@H](C)C2CC2)oc2ccccc12. The van der Waals surface area contributed by atoms with Gasteiger partial charge in [-0.25, -0.2) is 0 Å². The van der Waals surface area contributed by atoms with Gasteiger partial charge in [0.15, 0.2) is 5.76 Å². The monoisotopic (exact) mass is 355 g/mol. The number of halogens is 3. The number of nitrogens with zero attached hydrogens (tertiary/aromatic N) is 1. The van der Waals surface area contributed by atoms with Crippen LogP contribution in [-0.2, 0) is 11.3 Å². The van der Waals surface area contributed by atoms with E-state index in [-0.39, 0.29) is 18.3 Å². The lowest BCUT2D eigenvalue weighted by Crippen LogP contribution is -2.45. The summed E-state index contributed by atoms with van der Waals surface area (Å²) in [7, 11) is 1.47. The predicted molar refractivity (Wildman–Crippen MR) is 86.2 cm³/mol. The fraction of sp³-hybridized carbons (Fsp3) is 0.500. The summed E-state index contributed by atoms with van der Waals surface area (Å²) in [5, 5.41) is 0.679. The van der Waals surface area contributed by atoms with Crippen LogP contribution in [0.25, 0.3) is 11.0 Å². The minimum absolute atomic E-state index is 0.0696. The lowest BCUT2D eigenvalue weighted by Gasteiger charge is -2.29. The van der Waals surface area contributed by atoms with Crippen molar-refractivity contribution in [2.24, 2.45) is 5.92 Å². The van der Waals surface area contributed by atoms with Gasteiger partial charge in [0.1, 0.15) is 12.1 Å². The second-order valence-electron chi connectivity index (χ2n) is 6.47. The summed E-state index contributed by atoms with van der Waals surface area (Å²) in [6, 6.07) is 6.49. The minimum atomic E-state index is -4.47. The second kappa shape index (κ2) is 6.71. The van der Waals surface area contributed by atoms with E-state index in [1.807, 2.05) is 0 Å². The molecular weight excluding hydrogens is 335 g/mol. The maximum absolute atomic E-state index is 13.0. The summed E-state index contributed by atoms with van der Waals surface area (Å²) in [6.45, 7) is 0.475. The Morgan fingerprint density at radius 3 is 2.64 bits per heavy atom. The summed E-state index contributed by atoms with van der Waals surface area (Å²) in [4.78, 5) is 13.8. The van der Waals surface area contributed by atoms with Gasteiger partial charge in [-0.05, 0) is 31.7 Å². The van der Waals surface area contributed by atoms with Gasteiger partial charge < -0.3 is 14.1 Å². The molecule has 1 fully saturated rings. The number of amides is 1. The zero-order valence-electron chi connectivity index (χ0n) is 14.1. The molecule has 1 saturated carbocycles. The number of furan rings is 1. The van der Waals surface area contributed by atoms with Crippen LogP contribution in [0.5, 0.6) is 0 Å². The van der Waals surface area contributed by atoms with Crippen molar-refractivity contribution in [3.63, 3.8) is 0 Å². The zero-order valence-corrected chi connectivity index (χ0v) is 14.1. The van der Waals surface area contributed by atoms with E-state index < -0.39 is 24.7 Å². The highest BCUT2D eigenvalue weighted by Crippen LogP contribution is 2.37. The summed E-state index contributed by atoms with van der Waals surface area (Å²) in [5.41, 5.74) is 0.946. The highest BCUT2D eigenvalue weighted by Gasteiger charge is 2.42. The van der Waals surface area contributed by atoms with Gasteiger partial charge in [0, 0.05) is 24.1 Å². The van der Waals surface area contributed by atoms with Crippen molar-refractivity contribution in [3.8, 4) is 0 Å². The average molecular weight is 355 g/mol. The first-order valence-electron chi connectivity index (χ1n) is 8.19. The van der Waals surface area contributed by atoms with E-state index in [9.17, 15) is 18.0 Å². The fourth-order valence-electron chi connectivity index (χ4n) is 3.12. The van der Waals surface area contributed by atoms with Crippen LogP contribution in [0.4, 0.5) is 13.2 Å². The quantitative estimate of drug-likeness (QED) is 0.772. The van der Waals surface area contributed by atoms with Crippen LogP contribution in [0, 0.1) is 5.92 Å². The Kier molecular flexibility index (Phi) is 4.77. The number of carbonyl (C=O) groups excluding carboxylic acids is 1. The molecule has 1 aromatic carbocycles. The molecule has 1 heterocycles. The van der Waals surface area contributed by atoms with E-state index in [4.69, 9.17) is 9.15 Å². The van der Waals surface area contributed by atoms with E-state index in [1.165, 1.54) is 7.11 Å². The number of rotatable bonds is 6. The van der Waals surface area contributed by atoms with Crippen molar-refractivity contribution >= 4 is 16.9 Å². The summed E-state index contributed by atoms with van der Waals surface area (Å²) >= 11 is 0. The van der Waals surface area contributed by atoms with E-state index in [0.29, 0.717) is 16.5 Å². The summed E-state index contributed by atoms with van der Waals surface area (Å²) in [5.74, 6) is -0.693. The van der Waals surface area contributed by atoms with Gasteiger partial charge in [0.05, 0.1) is 6.61 Å². The molecule has 0 radical (unpaired) electrons. The maximum atomic E-state index is 13.0. The first-order chi connectivity index (χ1) is 11.8. The van der Waals surface area contributed by atoms with Gasteiger partial charge in [-0.2, -0.15) is 13.2 Å². The molecule has 136 valence electrons. The smallest absolute Gasteiger partial charge is 0.406 e. The number of fused-ring (bicyclic) bond motifs is 1. The molecule has 1 aliphatic carbocycles. The van der Waals surface area contributed by atoms with Crippen molar-refractivity contribution in [3.05, 3.63) is 35.6 Å². The van der Waals surface area contributed by atoms with Crippen LogP contribution in [0.3, 0.4) is 0 Å². The molecule has 7 heteroatoms. The van der Waals surface area contributed by atoms with Crippen molar-refractivity contribution in [2.75, 3.05) is 13.7 Å². The first-order valence-corrected chi connectivity index (χ1v) is 8.19. The van der Waals surface area contributed by atoms with Gasteiger partial charge in [-0.15, -0.1) is 0 Å². The van der Waals surface area contributed by atoms with Crippen LogP contribution in [-0.4, -0.2) is 36.7 Å². The number of carbonyl (C=O) groups is 1. The highest BCUT2D eigenvalue weighted by molar-refractivity contribution is 5.99. The van der Waals surface area contributed by atoms with Gasteiger partial charge in [0.2, 0.25) is 0 Å². The molecule has 2 aromatic rings. The normalized spacial score (nSPS) is 16.2. The molecule has 0 saturated heterocycles. The molecule has 4 nitrogen and oxygen atoms in total. The number of ether oxygens (including phenoxy) is 1. The Morgan fingerprint density at radius 1 is 1.36 bits per heavy atom.